The summed E-state index contributed by atoms with van der Waals surface area (Å²) in [6.07, 6.45) is 1.82. The molecule has 1 heterocycles. The Morgan fingerprint density at radius 3 is 2.76 bits per heavy atom. The van der Waals surface area contributed by atoms with Crippen molar-refractivity contribution < 1.29 is 4.79 Å². The maximum Gasteiger partial charge on any atom is 0.256 e. The van der Waals surface area contributed by atoms with Gasteiger partial charge >= 0.3 is 0 Å². The van der Waals surface area contributed by atoms with Gasteiger partial charge in [-0.1, -0.05) is 35.9 Å². The van der Waals surface area contributed by atoms with Crippen molar-refractivity contribution in [3.05, 3.63) is 81.5 Å². The van der Waals surface area contributed by atoms with E-state index in [2.05, 4.69) is 50.6 Å². The Morgan fingerprint density at radius 1 is 1.28 bits per heavy atom. The van der Waals surface area contributed by atoms with E-state index in [-0.39, 0.29) is 5.91 Å². The average molecular weight is 395 g/mol. The molecule has 0 saturated carbocycles. The average Bonchev–Trinajstić information content (AvgIpc) is 2.96. The first kappa shape index (κ1) is 16.9. The van der Waals surface area contributed by atoms with Crippen LogP contribution in [0.1, 0.15) is 27.0 Å². The molecule has 0 atom stereocenters. The number of nitrogens with zero attached hydrogens (tertiary/aromatic N) is 3. The molecular formula is C19H15BrN4O. The number of nitrogens with one attached hydrogen (secondary N) is 1. The van der Waals surface area contributed by atoms with Crippen LogP contribution in [-0.2, 0) is 6.54 Å². The molecule has 0 radical (unpaired) electrons. The Balaban J connectivity index is 1.75. The highest BCUT2D eigenvalue weighted by molar-refractivity contribution is 9.10. The fourth-order valence-corrected chi connectivity index (χ4v) is 2.77. The predicted molar refractivity (Wildman–Crippen MR) is 99.3 cm³/mol. The monoisotopic (exact) mass is 394 g/mol. The number of hydrogen-bond acceptors (Lipinski definition) is 3. The summed E-state index contributed by atoms with van der Waals surface area (Å²) >= 11 is 3.42. The lowest BCUT2D eigenvalue weighted by atomic mass is 10.1. The van der Waals surface area contributed by atoms with Crippen LogP contribution in [0, 0.1) is 18.3 Å². The smallest absolute Gasteiger partial charge is 0.256 e. The zero-order chi connectivity index (χ0) is 17.8. The second-order valence-corrected chi connectivity index (χ2v) is 6.51. The molecular weight excluding hydrogens is 380 g/mol. The standard InChI is InChI=1S/C19H15BrN4O/c1-13-5-7-14(8-6-13)11-24-12-17(20)18(23-24)22-19(25)16-4-2-3-15(9-16)10-21/h2-9,12H,11H2,1H3,(H,22,23,25). The normalized spacial score (nSPS) is 10.3. The zero-order valence-corrected chi connectivity index (χ0v) is 15.1. The minimum Gasteiger partial charge on any atom is -0.304 e. The van der Waals surface area contributed by atoms with Crippen molar-refractivity contribution in [2.45, 2.75) is 13.5 Å². The molecule has 124 valence electrons. The lowest BCUT2D eigenvalue weighted by molar-refractivity contribution is 0.102. The van der Waals surface area contributed by atoms with Gasteiger partial charge in [-0.15, -0.1) is 0 Å². The van der Waals surface area contributed by atoms with Crippen LogP contribution < -0.4 is 5.32 Å². The number of aryl methyl sites for hydroxylation is 1. The van der Waals surface area contributed by atoms with Gasteiger partial charge in [0.05, 0.1) is 22.7 Å². The molecule has 3 rings (SSSR count). The van der Waals surface area contributed by atoms with Crippen LogP contribution in [0.5, 0.6) is 0 Å². The summed E-state index contributed by atoms with van der Waals surface area (Å²) in [6, 6.07) is 16.8. The van der Waals surface area contributed by atoms with E-state index < -0.39 is 0 Å². The fraction of sp³-hybridized carbons (Fsp3) is 0.105. The van der Waals surface area contributed by atoms with E-state index in [1.807, 2.05) is 19.2 Å². The molecule has 0 spiro atoms. The van der Waals surface area contributed by atoms with Crippen molar-refractivity contribution in [2.75, 3.05) is 5.32 Å². The number of anilines is 1. The van der Waals surface area contributed by atoms with Crippen molar-refractivity contribution in [3.8, 4) is 6.07 Å². The number of hydrogen-bond donors (Lipinski definition) is 1. The van der Waals surface area contributed by atoms with Crippen molar-refractivity contribution in [1.29, 1.82) is 5.26 Å². The molecule has 1 aromatic heterocycles. The minimum absolute atomic E-state index is 0.307. The van der Waals surface area contributed by atoms with Crippen LogP contribution in [0.3, 0.4) is 0 Å². The predicted octanol–water partition coefficient (Wildman–Crippen LogP) is 4.13. The summed E-state index contributed by atoms with van der Waals surface area (Å²) in [5.41, 5.74) is 3.19. The number of carbonyl (C=O) groups excluding carboxylic acids is 1. The third kappa shape index (κ3) is 4.14. The first-order valence-electron chi connectivity index (χ1n) is 7.65. The molecule has 0 bridgehead atoms. The minimum atomic E-state index is -0.307. The van der Waals surface area contributed by atoms with Gasteiger partial charge in [-0.3, -0.25) is 9.48 Å². The SMILES string of the molecule is Cc1ccc(Cn2cc(Br)c(NC(=O)c3cccc(C#N)c3)n2)cc1. The van der Waals surface area contributed by atoms with Gasteiger partial charge < -0.3 is 5.32 Å². The third-order valence-corrected chi connectivity index (χ3v) is 4.25. The Morgan fingerprint density at radius 2 is 2.04 bits per heavy atom. The largest absolute Gasteiger partial charge is 0.304 e. The quantitative estimate of drug-likeness (QED) is 0.722. The van der Waals surface area contributed by atoms with Crippen molar-refractivity contribution in [2.24, 2.45) is 0 Å². The molecule has 3 aromatic rings. The lowest BCUT2D eigenvalue weighted by Gasteiger charge is -2.04. The van der Waals surface area contributed by atoms with Gasteiger partial charge in [-0.25, -0.2) is 0 Å². The summed E-state index contributed by atoms with van der Waals surface area (Å²) < 4.78 is 2.46. The first-order chi connectivity index (χ1) is 12.0. The number of aromatic nitrogens is 2. The van der Waals surface area contributed by atoms with Crippen molar-refractivity contribution in [1.82, 2.24) is 9.78 Å². The number of rotatable bonds is 4. The van der Waals surface area contributed by atoms with Crippen LogP contribution in [0.15, 0.2) is 59.2 Å². The van der Waals surface area contributed by atoms with Gasteiger partial charge in [0.2, 0.25) is 0 Å². The van der Waals surface area contributed by atoms with Gasteiger partial charge in [0.15, 0.2) is 5.82 Å². The van der Waals surface area contributed by atoms with Crippen LogP contribution in [0.25, 0.3) is 0 Å². The summed E-state index contributed by atoms with van der Waals surface area (Å²) in [6.45, 7) is 2.65. The van der Waals surface area contributed by atoms with Crippen LogP contribution in [0.2, 0.25) is 0 Å². The summed E-state index contributed by atoms with van der Waals surface area (Å²) in [7, 11) is 0. The second kappa shape index (κ2) is 7.32. The van der Waals surface area contributed by atoms with Crippen LogP contribution in [-0.4, -0.2) is 15.7 Å². The van der Waals surface area contributed by atoms with Crippen molar-refractivity contribution in [3.63, 3.8) is 0 Å². The van der Waals surface area contributed by atoms with Crippen LogP contribution in [0.4, 0.5) is 5.82 Å². The number of amides is 1. The van der Waals surface area contributed by atoms with Gasteiger partial charge in [0.1, 0.15) is 0 Å². The Kier molecular flexibility index (Phi) is 4.96. The van der Waals surface area contributed by atoms with Crippen molar-refractivity contribution >= 4 is 27.7 Å². The molecule has 0 saturated heterocycles. The molecule has 0 aliphatic rings. The van der Waals surface area contributed by atoms with E-state index in [4.69, 9.17) is 5.26 Å². The molecule has 5 nitrogen and oxygen atoms in total. The van der Waals surface area contributed by atoms with Gasteiger partial charge in [0, 0.05) is 11.8 Å². The molecule has 0 aliphatic heterocycles. The van der Waals surface area contributed by atoms with Gasteiger partial charge in [-0.05, 0) is 46.6 Å². The van der Waals surface area contributed by atoms with E-state index in [9.17, 15) is 4.79 Å². The second-order valence-electron chi connectivity index (χ2n) is 5.66. The summed E-state index contributed by atoms with van der Waals surface area (Å²) in [5, 5.41) is 16.1. The fourth-order valence-electron chi connectivity index (χ4n) is 2.35. The Labute approximate surface area is 154 Å². The zero-order valence-electron chi connectivity index (χ0n) is 13.5. The number of carbonyl (C=O) groups is 1. The molecule has 1 N–H and O–H groups in total. The Hall–Kier alpha value is -2.91. The molecule has 6 heteroatoms. The lowest BCUT2D eigenvalue weighted by Crippen LogP contribution is -2.13. The van der Waals surface area contributed by atoms with Gasteiger partial charge in [0.25, 0.3) is 5.91 Å². The molecule has 0 unspecified atom stereocenters. The maximum absolute atomic E-state index is 12.3. The van der Waals surface area contributed by atoms with E-state index in [0.717, 1.165) is 5.56 Å². The molecule has 2 aromatic carbocycles. The van der Waals surface area contributed by atoms with E-state index in [1.54, 1.807) is 28.9 Å². The van der Waals surface area contributed by atoms with E-state index in [1.165, 1.54) is 5.56 Å². The molecule has 0 fully saturated rings. The maximum atomic E-state index is 12.3. The number of benzene rings is 2. The highest BCUT2D eigenvalue weighted by atomic mass is 79.9. The summed E-state index contributed by atoms with van der Waals surface area (Å²) in [4.78, 5) is 12.3. The summed E-state index contributed by atoms with van der Waals surface area (Å²) in [5.74, 6) is 0.137. The number of nitriles is 1. The van der Waals surface area contributed by atoms with E-state index >= 15 is 0 Å². The molecule has 1 amide bonds. The van der Waals surface area contributed by atoms with Crippen LogP contribution >= 0.6 is 15.9 Å². The Bertz CT molecular complexity index is 954. The highest BCUT2D eigenvalue weighted by Gasteiger charge is 2.12. The van der Waals surface area contributed by atoms with E-state index in [0.29, 0.717) is 28.0 Å². The first-order valence-corrected chi connectivity index (χ1v) is 8.44. The molecule has 0 aliphatic carbocycles. The molecule has 25 heavy (non-hydrogen) atoms. The third-order valence-electron chi connectivity index (χ3n) is 3.67. The van der Waals surface area contributed by atoms with Gasteiger partial charge in [-0.2, -0.15) is 10.4 Å². The topological polar surface area (TPSA) is 70.7 Å². The number of halogens is 1. The highest BCUT2D eigenvalue weighted by Crippen LogP contribution is 2.21.